The summed E-state index contributed by atoms with van der Waals surface area (Å²) in [7, 11) is 1.81. The topological polar surface area (TPSA) is 67.4 Å². The maximum Gasteiger partial charge on any atom is 0.195 e. The van der Waals surface area contributed by atoms with Gasteiger partial charge in [0.25, 0.3) is 0 Å². The molecule has 1 aromatic rings. The number of guanidine groups is 1. The summed E-state index contributed by atoms with van der Waals surface area (Å²) in [6.07, 6.45) is 2.11. The SMILES string of the molecule is CN=C(NCC1(N2CCOCC2)CCSC1)Nc1ccc2c(c1)OCCCO2.I. The molecule has 1 unspecified atom stereocenters. The lowest BCUT2D eigenvalue weighted by atomic mass is 9.95. The zero-order valence-electron chi connectivity index (χ0n) is 16.9. The maximum atomic E-state index is 5.79. The third kappa shape index (κ3) is 5.62. The highest BCUT2D eigenvalue weighted by Gasteiger charge is 2.40. The Kier molecular flexibility index (Phi) is 8.57. The number of thioether (sulfide) groups is 1. The summed E-state index contributed by atoms with van der Waals surface area (Å²) in [6.45, 7) is 5.94. The van der Waals surface area contributed by atoms with Gasteiger partial charge in [0.15, 0.2) is 17.5 Å². The molecule has 0 aromatic heterocycles. The fourth-order valence-corrected chi connectivity index (χ4v) is 5.42. The second kappa shape index (κ2) is 10.9. The highest BCUT2D eigenvalue weighted by molar-refractivity contribution is 14.0. The molecule has 9 heteroatoms. The molecule has 1 atom stereocenters. The van der Waals surface area contributed by atoms with Crippen LogP contribution >= 0.6 is 35.7 Å². The molecule has 2 saturated heterocycles. The van der Waals surface area contributed by atoms with Gasteiger partial charge in [0.1, 0.15) is 0 Å². The molecule has 0 saturated carbocycles. The second-order valence-corrected chi connectivity index (χ2v) is 8.49. The summed E-state index contributed by atoms with van der Waals surface area (Å²) < 4.78 is 17.1. The first-order chi connectivity index (χ1) is 13.8. The third-order valence-electron chi connectivity index (χ3n) is 5.58. The van der Waals surface area contributed by atoms with E-state index in [4.69, 9.17) is 14.2 Å². The van der Waals surface area contributed by atoms with E-state index >= 15 is 0 Å². The molecule has 3 aliphatic rings. The summed E-state index contributed by atoms with van der Waals surface area (Å²) in [5, 5.41) is 6.96. The van der Waals surface area contributed by atoms with E-state index in [1.54, 1.807) is 0 Å². The van der Waals surface area contributed by atoms with Crippen LogP contribution in [0.2, 0.25) is 0 Å². The lowest BCUT2D eigenvalue weighted by Gasteiger charge is -2.43. The van der Waals surface area contributed by atoms with Crippen molar-refractivity contribution < 1.29 is 14.2 Å². The van der Waals surface area contributed by atoms with E-state index in [0.717, 1.165) is 68.2 Å². The summed E-state index contributed by atoms with van der Waals surface area (Å²) >= 11 is 2.04. The standard InChI is InChI=1S/C20H30N4O3S.HI/c1-21-19(23-16-3-4-17-18(13-16)27-9-2-8-26-17)22-14-20(5-12-28-15-20)24-6-10-25-11-7-24;/h3-4,13H,2,5-12,14-15H2,1H3,(H2,21,22,23);1H. The first-order valence-corrected chi connectivity index (χ1v) is 11.2. The molecule has 0 bridgehead atoms. The van der Waals surface area contributed by atoms with Gasteiger partial charge < -0.3 is 24.8 Å². The minimum Gasteiger partial charge on any atom is -0.490 e. The zero-order chi connectivity index (χ0) is 19.2. The van der Waals surface area contributed by atoms with Crippen LogP contribution in [0.25, 0.3) is 0 Å². The number of nitrogens with zero attached hydrogens (tertiary/aromatic N) is 2. The van der Waals surface area contributed by atoms with Crippen LogP contribution < -0.4 is 20.1 Å². The van der Waals surface area contributed by atoms with Crippen LogP contribution in [0.15, 0.2) is 23.2 Å². The van der Waals surface area contributed by atoms with Crippen molar-refractivity contribution in [3.05, 3.63) is 18.2 Å². The number of aliphatic imine (C=N–C) groups is 1. The van der Waals surface area contributed by atoms with E-state index < -0.39 is 0 Å². The molecule has 3 aliphatic heterocycles. The number of halogens is 1. The van der Waals surface area contributed by atoms with Crippen molar-refractivity contribution in [3.63, 3.8) is 0 Å². The third-order valence-corrected chi connectivity index (χ3v) is 6.82. The lowest BCUT2D eigenvalue weighted by Crippen LogP contribution is -2.59. The maximum absolute atomic E-state index is 5.79. The monoisotopic (exact) mass is 534 g/mol. The van der Waals surface area contributed by atoms with Gasteiger partial charge in [0.2, 0.25) is 0 Å². The van der Waals surface area contributed by atoms with E-state index in [-0.39, 0.29) is 29.5 Å². The van der Waals surface area contributed by atoms with Gasteiger partial charge >= 0.3 is 0 Å². The summed E-state index contributed by atoms with van der Waals surface area (Å²) in [5.74, 6) is 4.74. The quantitative estimate of drug-likeness (QED) is 0.350. The van der Waals surface area contributed by atoms with E-state index in [1.165, 1.54) is 12.2 Å². The van der Waals surface area contributed by atoms with Crippen LogP contribution in [0, 0.1) is 0 Å². The Labute approximate surface area is 194 Å². The van der Waals surface area contributed by atoms with Crippen molar-refractivity contribution in [3.8, 4) is 11.5 Å². The van der Waals surface area contributed by atoms with Crippen LogP contribution in [0.1, 0.15) is 12.8 Å². The summed E-state index contributed by atoms with van der Waals surface area (Å²) in [5.41, 5.74) is 1.12. The summed E-state index contributed by atoms with van der Waals surface area (Å²) in [6, 6.07) is 5.94. The van der Waals surface area contributed by atoms with Gasteiger partial charge in [-0.05, 0) is 24.3 Å². The second-order valence-electron chi connectivity index (χ2n) is 7.39. The number of morpholine rings is 1. The number of nitrogens with one attached hydrogen (secondary N) is 2. The molecule has 3 heterocycles. The molecule has 2 N–H and O–H groups in total. The largest absolute Gasteiger partial charge is 0.490 e. The number of benzene rings is 1. The van der Waals surface area contributed by atoms with Crippen molar-refractivity contribution in [2.24, 2.45) is 4.99 Å². The number of fused-ring (bicyclic) bond motifs is 1. The number of rotatable bonds is 4. The van der Waals surface area contributed by atoms with Crippen LogP contribution in [0.5, 0.6) is 11.5 Å². The van der Waals surface area contributed by atoms with Gasteiger partial charge in [-0.2, -0.15) is 11.8 Å². The van der Waals surface area contributed by atoms with Gasteiger partial charge in [-0.25, -0.2) is 0 Å². The zero-order valence-corrected chi connectivity index (χ0v) is 20.1. The molecule has 0 radical (unpaired) electrons. The van der Waals surface area contributed by atoms with Gasteiger partial charge in [-0.1, -0.05) is 0 Å². The summed E-state index contributed by atoms with van der Waals surface area (Å²) in [4.78, 5) is 7.03. The van der Waals surface area contributed by atoms with Crippen LogP contribution in [0.4, 0.5) is 5.69 Å². The smallest absolute Gasteiger partial charge is 0.195 e. The van der Waals surface area contributed by atoms with Gasteiger partial charge in [-0.15, -0.1) is 24.0 Å². The molecule has 1 aromatic carbocycles. The van der Waals surface area contributed by atoms with E-state index in [1.807, 2.05) is 37.0 Å². The average molecular weight is 534 g/mol. The highest BCUT2D eigenvalue weighted by Crippen LogP contribution is 2.34. The predicted molar refractivity (Wildman–Crippen MR) is 130 cm³/mol. The van der Waals surface area contributed by atoms with Crippen LogP contribution in [-0.4, -0.2) is 81.0 Å². The normalized spacial score (nSPS) is 25.1. The fourth-order valence-electron chi connectivity index (χ4n) is 3.94. The Morgan fingerprint density at radius 3 is 2.69 bits per heavy atom. The number of ether oxygens (including phenoxy) is 3. The Bertz CT molecular complexity index is 694. The average Bonchev–Trinajstić information content (AvgIpc) is 3.11. The van der Waals surface area contributed by atoms with Crippen LogP contribution in [0.3, 0.4) is 0 Å². The number of anilines is 1. The van der Waals surface area contributed by atoms with Gasteiger partial charge in [-0.3, -0.25) is 9.89 Å². The van der Waals surface area contributed by atoms with Crippen molar-refractivity contribution in [1.82, 2.24) is 10.2 Å². The first kappa shape index (κ1) is 22.8. The van der Waals surface area contributed by atoms with E-state index in [0.29, 0.717) is 13.2 Å². The van der Waals surface area contributed by atoms with Gasteiger partial charge in [0.05, 0.1) is 26.4 Å². The Morgan fingerprint density at radius 1 is 1.17 bits per heavy atom. The number of hydrogen-bond donors (Lipinski definition) is 2. The molecule has 7 nitrogen and oxygen atoms in total. The van der Waals surface area contributed by atoms with Crippen molar-refractivity contribution in [1.29, 1.82) is 0 Å². The first-order valence-electron chi connectivity index (χ1n) is 10.1. The molecule has 0 aliphatic carbocycles. The molecule has 4 rings (SSSR count). The van der Waals surface area contributed by atoms with Crippen molar-refractivity contribution >= 4 is 47.4 Å². The minimum absolute atomic E-state index is 0. The van der Waals surface area contributed by atoms with Crippen molar-refractivity contribution in [2.45, 2.75) is 18.4 Å². The Morgan fingerprint density at radius 2 is 1.97 bits per heavy atom. The Balaban J connectivity index is 0.00000240. The molecule has 2 fully saturated rings. The number of hydrogen-bond acceptors (Lipinski definition) is 6. The Hall–Kier alpha value is -0.910. The highest BCUT2D eigenvalue weighted by atomic mass is 127. The minimum atomic E-state index is 0. The molecule has 29 heavy (non-hydrogen) atoms. The lowest BCUT2D eigenvalue weighted by molar-refractivity contribution is -0.0119. The van der Waals surface area contributed by atoms with Crippen LogP contribution in [-0.2, 0) is 4.74 Å². The van der Waals surface area contributed by atoms with E-state index in [9.17, 15) is 0 Å². The fraction of sp³-hybridized carbons (Fsp3) is 0.650. The van der Waals surface area contributed by atoms with E-state index in [2.05, 4.69) is 20.5 Å². The molecular formula is C20H31IN4O3S. The molecular weight excluding hydrogens is 503 g/mol. The molecule has 162 valence electrons. The van der Waals surface area contributed by atoms with Crippen molar-refractivity contribution in [2.75, 3.05) is 69.9 Å². The molecule has 0 spiro atoms. The molecule has 0 amide bonds. The predicted octanol–water partition coefficient (Wildman–Crippen LogP) is 2.66. The van der Waals surface area contributed by atoms with Gasteiger partial charge in [0, 0.05) is 56.1 Å².